The van der Waals surface area contributed by atoms with Crippen LogP contribution in [-0.4, -0.2) is 35.2 Å². The first-order chi connectivity index (χ1) is 17.6. The van der Waals surface area contributed by atoms with Crippen LogP contribution in [0.3, 0.4) is 0 Å². The number of anilines is 1. The summed E-state index contributed by atoms with van der Waals surface area (Å²) < 4.78 is 38.3. The molecule has 4 rings (SSSR count). The number of rotatable bonds is 8. The first-order valence-corrected chi connectivity index (χ1v) is 13.0. The van der Waals surface area contributed by atoms with Gasteiger partial charge in [-0.1, -0.05) is 18.5 Å². The van der Waals surface area contributed by atoms with Crippen LogP contribution in [0.2, 0.25) is 0 Å². The Morgan fingerprint density at radius 3 is 2.43 bits per heavy atom. The minimum absolute atomic E-state index is 0.00634. The fourth-order valence-corrected chi connectivity index (χ4v) is 4.42. The summed E-state index contributed by atoms with van der Waals surface area (Å²) in [6.45, 7) is 1.86. The molecule has 192 valence electrons. The van der Waals surface area contributed by atoms with Crippen molar-refractivity contribution in [1.82, 2.24) is 9.97 Å². The van der Waals surface area contributed by atoms with E-state index in [1.54, 1.807) is 36.5 Å². The SMILES string of the molecule is COc1cc2c(Oc3c(F)cc(NC(=O)c4cnccc4OC)cc3I)ccnc2cc1OC(C)(P)P. The molecule has 2 heterocycles. The molecule has 0 saturated heterocycles. The van der Waals surface area contributed by atoms with Crippen molar-refractivity contribution in [1.29, 1.82) is 0 Å². The van der Waals surface area contributed by atoms with Crippen LogP contribution in [-0.2, 0) is 0 Å². The molecule has 37 heavy (non-hydrogen) atoms. The van der Waals surface area contributed by atoms with E-state index in [2.05, 4.69) is 33.8 Å². The van der Waals surface area contributed by atoms with Crippen LogP contribution in [0.5, 0.6) is 28.7 Å². The molecule has 2 aromatic heterocycles. The molecule has 0 aliphatic carbocycles. The Hall–Kier alpha value is -2.81. The van der Waals surface area contributed by atoms with Crippen molar-refractivity contribution in [3.05, 3.63) is 69.9 Å². The van der Waals surface area contributed by atoms with E-state index in [4.69, 9.17) is 18.9 Å². The van der Waals surface area contributed by atoms with Crippen molar-refractivity contribution >= 4 is 63.6 Å². The van der Waals surface area contributed by atoms with Gasteiger partial charge in [0.05, 0.1) is 28.9 Å². The van der Waals surface area contributed by atoms with E-state index in [0.29, 0.717) is 37.5 Å². The normalized spacial score (nSPS) is 11.2. The number of hydrogen-bond acceptors (Lipinski definition) is 7. The summed E-state index contributed by atoms with van der Waals surface area (Å²) in [5.41, 5.74) is 1.06. The zero-order valence-electron chi connectivity index (χ0n) is 20.0. The number of nitrogens with one attached hydrogen (secondary N) is 1. The number of halogens is 2. The number of pyridine rings is 2. The topological polar surface area (TPSA) is 91.8 Å². The largest absolute Gasteiger partial charge is 0.496 e. The lowest BCUT2D eigenvalue weighted by atomic mass is 10.1. The van der Waals surface area contributed by atoms with Crippen LogP contribution >= 0.6 is 41.1 Å². The monoisotopic (exact) mass is 653 g/mol. The summed E-state index contributed by atoms with van der Waals surface area (Å²) >= 11 is 1.95. The average molecular weight is 653 g/mol. The summed E-state index contributed by atoms with van der Waals surface area (Å²) in [6, 6.07) is 9.47. The van der Waals surface area contributed by atoms with Crippen molar-refractivity contribution in [3.8, 4) is 28.7 Å². The van der Waals surface area contributed by atoms with E-state index in [-0.39, 0.29) is 17.0 Å². The van der Waals surface area contributed by atoms with Gasteiger partial charge < -0.3 is 24.3 Å². The van der Waals surface area contributed by atoms with Gasteiger partial charge in [-0.15, -0.1) is 0 Å². The molecule has 4 aromatic rings. The predicted molar refractivity (Wildman–Crippen MR) is 155 cm³/mol. The Morgan fingerprint density at radius 2 is 1.76 bits per heavy atom. The average Bonchev–Trinajstić information content (AvgIpc) is 2.84. The van der Waals surface area contributed by atoms with Crippen molar-refractivity contribution < 1.29 is 28.1 Å². The third-order valence-corrected chi connectivity index (χ3v) is 6.07. The van der Waals surface area contributed by atoms with Gasteiger partial charge in [0, 0.05) is 41.8 Å². The first kappa shape index (κ1) is 27.2. The highest BCUT2D eigenvalue weighted by Crippen LogP contribution is 2.41. The van der Waals surface area contributed by atoms with E-state index in [1.807, 2.05) is 29.5 Å². The second-order valence-electron chi connectivity index (χ2n) is 8.02. The van der Waals surface area contributed by atoms with Crippen molar-refractivity contribution in [2.24, 2.45) is 0 Å². The molecule has 2 aromatic carbocycles. The lowest BCUT2D eigenvalue weighted by Crippen LogP contribution is -2.15. The summed E-state index contributed by atoms with van der Waals surface area (Å²) in [7, 11) is 8.14. The zero-order chi connectivity index (χ0) is 26.7. The molecule has 0 bridgehead atoms. The summed E-state index contributed by atoms with van der Waals surface area (Å²) in [4.78, 5) is 21.0. The molecule has 8 nitrogen and oxygen atoms in total. The quantitative estimate of drug-likeness (QED) is 0.178. The van der Waals surface area contributed by atoms with Crippen LogP contribution in [0.1, 0.15) is 17.3 Å². The molecule has 0 saturated carbocycles. The molecule has 2 atom stereocenters. The Labute approximate surface area is 231 Å². The molecule has 1 amide bonds. The summed E-state index contributed by atoms with van der Waals surface area (Å²) in [6.07, 6.45) is 4.46. The maximum absolute atomic E-state index is 15.2. The number of aromatic nitrogens is 2. The lowest BCUT2D eigenvalue weighted by Gasteiger charge is -2.23. The van der Waals surface area contributed by atoms with Gasteiger partial charge in [0.15, 0.2) is 23.1 Å². The fourth-order valence-electron chi connectivity index (χ4n) is 3.46. The van der Waals surface area contributed by atoms with Crippen LogP contribution in [0.25, 0.3) is 10.9 Å². The van der Waals surface area contributed by atoms with Gasteiger partial charge in [0.2, 0.25) is 0 Å². The molecule has 0 fully saturated rings. The number of carbonyl (C=O) groups is 1. The maximum Gasteiger partial charge on any atom is 0.261 e. The van der Waals surface area contributed by atoms with Gasteiger partial charge in [-0.3, -0.25) is 14.8 Å². The van der Waals surface area contributed by atoms with Gasteiger partial charge >= 0.3 is 0 Å². The van der Waals surface area contributed by atoms with Gasteiger partial charge in [-0.05, 0) is 53.8 Å². The highest BCUT2D eigenvalue weighted by atomic mass is 127. The number of fused-ring (bicyclic) bond motifs is 1. The van der Waals surface area contributed by atoms with Gasteiger partial charge in [-0.2, -0.15) is 0 Å². The van der Waals surface area contributed by atoms with E-state index >= 15 is 4.39 Å². The Kier molecular flexibility index (Phi) is 8.31. The molecule has 12 heteroatoms. The minimum atomic E-state index is -0.654. The van der Waals surface area contributed by atoms with Gasteiger partial charge in [0.25, 0.3) is 5.91 Å². The summed E-state index contributed by atoms with van der Waals surface area (Å²) in [5, 5.41) is 2.68. The number of amides is 1. The number of hydrogen-bond donors (Lipinski definition) is 1. The van der Waals surface area contributed by atoms with E-state index in [0.717, 1.165) is 0 Å². The van der Waals surface area contributed by atoms with Crippen LogP contribution < -0.4 is 24.3 Å². The molecule has 1 N–H and O–H groups in total. The molecular formula is C25H23FIN3O5P2. The molecule has 0 spiro atoms. The smallest absolute Gasteiger partial charge is 0.261 e. The van der Waals surface area contributed by atoms with Gasteiger partial charge in [0.1, 0.15) is 16.6 Å². The van der Waals surface area contributed by atoms with Crippen LogP contribution in [0.4, 0.5) is 10.1 Å². The summed E-state index contributed by atoms with van der Waals surface area (Å²) in [5.74, 6) is 0.579. The molecule has 0 radical (unpaired) electrons. The number of benzene rings is 2. The number of ether oxygens (including phenoxy) is 4. The number of carbonyl (C=O) groups excluding carboxylic acids is 1. The Balaban J connectivity index is 1.64. The van der Waals surface area contributed by atoms with Crippen molar-refractivity contribution in [2.75, 3.05) is 19.5 Å². The van der Waals surface area contributed by atoms with Crippen LogP contribution in [0.15, 0.2) is 55.0 Å². The maximum atomic E-state index is 15.2. The van der Waals surface area contributed by atoms with Crippen molar-refractivity contribution in [2.45, 2.75) is 12.0 Å². The van der Waals surface area contributed by atoms with E-state index in [1.165, 1.54) is 32.7 Å². The highest BCUT2D eigenvalue weighted by Gasteiger charge is 2.20. The molecule has 2 unspecified atom stereocenters. The van der Waals surface area contributed by atoms with E-state index in [9.17, 15) is 4.79 Å². The standard InChI is InChI=1S/C25H23FIN3O5P2/c1-25(36,37)35-22-11-18-14(10-21(22)33-3)20(5-7-29-18)34-23-16(26)8-13(9-17(23)27)30-24(31)15-12-28-6-4-19(15)32-2/h4-12H,36-37H2,1-3H3,(H,30,31). The second kappa shape index (κ2) is 11.3. The Bertz CT molecular complexity index is 1460. The molecular weight excluding hydrogens is 630 g/mol. The lowest BCUT2D eigenvalue weighted by molar-refractivity contribution is 0.102. The number of methoxy groups -OCH3 is 2. The first-order valence-electron chi connectivity index (χ1n) is 10.8. The molecule has 0 aliphatic rings. The number of nitrogens with zero attached hydrogens (tertiary/aromatic N) is 2. The highest BCUT2D eigenvalue weighted by molar-refractivity contribution is 14.1. The second-order valence-corrected chi connectivity index (χ2v) is 12.1. The molecule has 0 aliphatic heterocycles. The third kappa shape index (κ3) is 6.37. The van der Waals surface area contributed by atoms with Crippen molar-refractivity contribution in [3.63, 3.8) is 0 Å². The Morgan fingerprint density at radius 1 is 1.03 bits per heavy atom. The predicted octanol–water partition coefficient (Wildman–Crippen LogP) is 6.24. The third-order valence-electron chi connectivity index (χ3n) is 5.03. The van der Waals surface area contributed by atoms with Gasteiger partial charge in [-0.25, -0.2) is 4.39 Å². The van der Waals surface area contributed by atoms with Crippen LogP contribution in [0, 0.1) is 9.39 Å². The zero-order valence-corrected chi connectivity index (χ0v) is 24.5. The fraction of sp³-hybridized carbons (Fsp3) is 0.160. The van der Waals surface area contributed by atoms with E-state index < -0.39 is 16.8 Å². The minimum Gasteiger partial charge on any atom is -0.496 e.